The zero-order valence-electron chi connectivity index (χ0n) is 9.59. The van der Waals surface area contributed by atoms with Gasteiger partial charge in [0, 0.05) is 5.92 Å². The lowest BCUT2D eigenvalue weighted by Gasteiger charge is -2.08. The van der Waals surface area contributed by atoms with E-state index in [-0.39, 0.29) is 22.9 Å². The van der Waals surface area contributed by atoms with Gasteiger partial charge in [0.25, 0.3) is 0 Å². The molecule has 84 valence electrons. The fraction of sp³-hybridized carbons (Fsp3) is 0.636. The number of hydrogen-bond acceptors (Lipinski definition) is 3. The number of ether oxygens (including phenoxy) is 1. The molecule has 1 saturated carbocycles. The predicted molar refractivity (Wildman–Crippen MR) is 55.8 cm³/mol. The quantitative estimate of drug-likeness (QED) is 0.564. The first-order valence-electron chi connectivity index (χ1n) is 4.98. The molecule has 1 fully saturated rings. The Morgan fingerprint density at radius 3 is 2.33 bits per heavy atom. The van der Waals surface area contributed by atoms with Crippen molar-refractivity contribution < 1.29 is 14.3 Å². The third kappa shape index (κ3) is 2.58. The van der Waals surface area contributed by atoms with Crippen LogP contribution in [0.2, 0.25) is 0 Å². The van der Waals surface area contributed by atoms with E-state index in [0.29, 0.717) is 0 Å². The van der Waals surface area contributed by atoms with E-state index in [1.165, 1.54) is 7.11 Å². The van der Waals surface area contributed by atoms with Gasteiger partial charge < -0.3 is 10.1 Å². The molecule has 0 aliphatic heterocycles. The second-order valence-electron chi connectivity index (χ2n) is 4.43. The smallest absolute Gasteiger partial charge is 0.354 e. The van der Waals surface area contributed by atoms with E-state index in [1.54, 1.807) is 13.0 Å². The van der Waals surface area contributed by atoms with E-state index in [0.717, 1.165) is 6.42 Å². The van der Waals surface area contributed by atoms with Crippen LogP contribution in [0, 0.1) is 11.3 Å². The van der Waals surface area contributed by atoms with Crippen LogP contribution in [0.5, 0.6) is 0 Å². The molecule has 4 heteroatoms. The van der Waals surface area contributed by atoms with Crippen LogP contribution in [0.4, 0.5) is 0 Å². The second-order valence-corrected chi connectivity index (χ2v) is 4.43. The molecule has 1 aliphatic rings. The summed E-state index contributed by atoms with van der Waals surface area (Å²) in [6.45, 7) is 5.75. The van der Waals surface area contributed by atoms with Gasteiger partial charge in [-0.1, -0.05) is 19.9 Å². The minimum Gasteiger partial charge on any atom is -0.464 e. The van der Waals surface area contributed by atoms with Gasteiger partial charge in [0.1, 0.15) is 5.70 Å². The van der Waals surface area contributed by atoms with Gasteiger partial charge in [-0.3, -0.25) is 4.79 Å². The first-order chi connectivity index (χ1) is 6.92. The highest BCUT2D eigenvalue weighted by atomic mass is 16.5. The summed E-state index contributed by atoms with van der Waals surface area (Å²) >= 11 is 0. The van der Waals surface area contributed by atoms with Gasteiger partial charge in [0.05, 0.1) is 7.11 Å². The summed E-state index contributed by atoms with van der Waals surface area (Å²) in [5.41, 5.74) is 0.282. The average molecular weight is 211 g/mol. The molecule has 0 aromatic carbocycles. The molecule has 0 radical (unpaired) electrons. The van der Waals surface area contributed by atoms with Crippen LogP contribution in [-0.4, -0.2) is 19.0 Å². The van der Waals surface area contributed by atoms with Crippen LogP contribution in [0.1, 0.15) is 27.2 Å². The van der Waals surface area contributed by atoms with Crippen molar-refractivity contribution in [3.63, 3.8) is 0 Å². The van der Waals surface area contributed by atoms with E-state index in [2.05, 4.69) is 10.1 Å². The maximum absolute atomic E-state index is 11.7. The lowest BCUT2D eigenvalue weighted by molar-refractivity contribution is -0.138. The van der Waals surface area contributed by atoms with E-state index >= 15 is 0 Å². The van der Waals surface area contributed by atoms with Crippen LogP contribution in [-0.2, 0) is 14.3 Å². The summed E-state index contributed by atoms with van der Waals surface area (Å²) in [6, 6.07) is 0. The first-order valence-corrected chi connectivity index (χ1v) is 4.98. The van der Waals surface area contributed by atoms with Crippen molar-refractivity contribution in [1.29, 1.82) is 0 Å². The van der Waals surface area contributed by atoms with Crippen LogP contribution < -0.4 is 5.32 Å². The molecular weight excluding hydrogens is 194 g/mol. The molecule has 0 bridgehead atoms. The Morgan fingerprint density at radius 1 is 1.47 bits per heavy atom. The zero-order valence-corrected chi connectivity index (χ0v) is 9.59. The Kier molecular flexibility index (Phi) is 3.17. The Bertz CT molecular complexity index is 318. The molecule has 0 heterocycles. The van der Waals surface area contributed by atoms with Gasteiger partial charge in [-0.15, -0.1) is 0 Å². The lowest BCUT2D eigenvalue weighted by atomic mass is 10.1. The third-order valence-electron chi connectivity index (χ3n) is 2.78. The molecule has 0 aromatic rings. The van der Waals surface area contributed by atoms with E-state index < -0.39 is 5.97 Å². The summed E-state index contributed by atoms with van der Waals surface area (Å²) < 4.78 is 4.53. The highest BCUT2D eigenvalue weighted by molar-refractivity contribution is 5.95. The Hall–Kier alpha value is -1.32. The first kappa shape index (κ1) is 11.8. The number of hydrogen-bond donors (Lipinski definition) is 1. The Balaban J connectivity index is 2.55. The minimum absolute atomic E-state index is 0.0112. The summed E-state index contributed by atoms with van der Waals surface area (Å²) in [5, 5.41) is 2.58. The molecule has 0 spiro atoms. The molecule has 0 saturated heterocycles. The van der Waals surface area contributed by atoms with Crippen molar-refractivity contribution in [2.24, 2.45) is 11.3 Å². The van der Waals surface area contributed by atoms with Crippen molar-refractivity contribution >= 4 is 11.9 Å². The predicted octanol–water partition coefficient (Wildman–Crippen LogP) is 1.23. The van der Waals surface area contributed by atoms with Crippen LogP contribution in [0.25, 0.3) is 0 Å². The molecule has 1 aliphatic carbocycles. The fourth-order valence-corrected chi connectivity index (χ4v) is 1.49. The van der Waals surface area contributed by atoms with Crippen LogP contribution in [0.3, 0.4) is 0 Å². The molecule has 1 rings (SSSR count). The Labute approximate surface area is 89.7 Å². The van der Waals surface area contributed by atoms with Crippen molar-refractivity contribution in [3.8, 4) is 0 Å². The zero-order chi connectivity index (χ0) is 11.6. The molecule has 1 unspecified atom stereocenters. The Morgan fingerprint density at radius 2 is 2.00 bits per heavy atom. The third-order valence-corrected chi connectivity index (χ3v) is 2.78. The van der Waals surface area contributed by atoms with Gasteiger partial charge in [0.15, 0.2) is 0 Å². The largest absolute Gasteiger partial charge is 0.464 e. The number of nitrogens with one attached hydrogen (secondary N) is 1. The van der Waals surface area contributed by atoms with Gasteiger partial charge in [-0.2, -0.15) is 0 Å². The number of esters is 1. The molecule has 1 N–H and O–H groups in total. The van der Waals surface area contributed by atoms with Crippen molar-refractivity contribution in [2.75, 3.05) is 7.11 Å². The molecule has 1 amide bonds. The van der Waals surface area contributed by atoms with Gasteiger partial charge in [-0.05, 0) is 18.8 Å². The summed E-state index contributed by atoms with van der Waals surface area (Å²) in [5.74, 6) is -0.597. The normalized spacial score (nSPS) is 23.2. The van der Waals surface area contributed by atoms with Crippen LogP contribution in [0.15, 0.2) is 11.8 Å². The van der Waals surface area contributed by atoms with Gasteiger partial charge in [0.2, 0.25) is 5.91 Å². The summed E-state index contributed by atoms with van der Waals surface area (Å²) in [6.07, 6.45) is 2.41. The number of carbonyl (C=O) groups excluding carboxylic acids is 2. The molecular formula is C11H17NO3. The van der Waals surface area contributed by atoms with Gasteiger partial charge >= 0.3 is 5.97 Å². The van der Waals surface area contributed by atoms with Gasteiger partial charge in [-0.25, -0.2) is 4.79 Å². The number of rotatable bonds is 3. The average Bonchev–Trinajstić information content (AvgIpc) is 2.82. The van der Waals surface area contributed by atoms with E-state index in [4.69, 9.17) is 0 Å². The number of allylic oxidation sites excluding steroid dienone is 1. The maximum Gasteiger partial charge on any atom is 0.354 e. The van der Waals surface area contributed by atoms with Crippen molar-refractivity contribution in [3.05, 3.63) is 11.8 Å². The standard InChI is InChI=1S/C11H17NO3/c1-5-8(10(14)15-4)12-9(13)7-6-11(7,2)3/h5,7H,6H2,1-4H3,(H,12,13)/b8-5+. The highest BCUT2D eigenvalue weighted by Gasteiger charge is 2.50. The molecule has 15 heavy (non-hydrogen) atoms. The second kappa shape index (κ2) is 4.04. The maximum atomic E-state index is 11.7. The number of carbonyl (C=O) groups is 2. The fourth-order valence-electron chi connectivity index (χ4n) is 1.49. The van der Waals surface area contributed by atoms with Crippen molar-refractivity contribution in [2.45, 2.75) is 27.2 Å². The molecule has 1 atom stereocenters. The minimum atomic E-state index is -0.510. The number of methoxy groups -OCH3 is 1. The SMILES string of the molecule is C/C=C(/NC(=O)C1CC1(C)C)C(=O)OC. The number of amides is 1. The van der Waals surface area contributed by atoms with Crippen LogP contribution >= 0.6 is 0 Å². The molecule has 0 aromatic heterocycles. The van der Waals surface area contributed by atoms with E-state index in [9.17, 15) is 9.59 Å². The molecule has 4 nitrogen and oxygen atoms in total. The monoisotopic (exact) mass is 211 g/mol. The lowest BCUT2D eigenvalue weighted by Crippen LogP contribution is -2.30. The topological polar surface area (TPSA) is 55.4 Å². The summed E-state index contributed by atoms with van der Waals surface area (Å²) in [7, 11) is 1.29. The van der Waals surface area contributed by atoms with E-state index in [1.807, 2.05) is 13.8 Å². The van der Waals surface area contributed by atoms with Crippen molar-refractivity contribution in [1.82, 2.24) is 5.32 Å². The summed E-state index contributed by atoms with van der Waals surface area (Å²) in [4.78, 5) is 22.8. The highest BCUT2D eigenvalue weighted by Crippen LogP contribution is 2.51.